The molecule has 6 N–H and O–H groups in total. The number of nitrogens with zero attached hydrogens (tertiary/aromatic N) is 1. The van der Waals surface area contributed by atoms with Gasteiger partial charge in [-0.25, -0.2) is 0 Å². The summed E-state index contributed by atoms with van der Waals surface area (Å²) in [7, 11) is 0. The molecule has 0 bridgehead atoms. The average molecular weight is 243 g/mol. The number of hydrogen-bond donors (Lipinski definition) is 4. The number of hydrogen-bond acceptors (Lipinski definition) is 5. The van der Waals surface area contributed by atoms with Crippen LogP contribution in [0.1, 0.15) is 32.6 Å². The Bertz CT molecular complexity index is 254. The lowest BCUT2D eigenvalue weighted by atomic mass is 9.93. The summed E-state index contributed by atoms with van der Waals surface area (Å²) in [6.45, 7) is 2.06. The standard InChI is InChI=1S/C12H25N3O2/c1-8-5-12(14)15-11(8)4-2-3-10(13)9(6-16)7-17/h8-11,16-17H,2-7,13H2,1H3,(H2,14,15). The van der Waals surface area contributed by atoms with E-state index in [9.17, 15) is 0 Å². The zero-order chi connectivity index (χ0) is 12.8. The Morgan fingerprint density at radius 2 is 2.06 bits per heavy atom. The van der Waals surface area contributed by atoms with Crippen LogP contribution in [0.15, 0.2) is 4.99 Å². The maximum atomic E-state index is 9.01. The summed E-state index contributed by atoms with van der Waals surface area (Å²) in [5.41, 5.74) is 11.6. The van der Waals surface area contributed by atoms with Crippen molar-refractivity contribution in [3.8, 4) is 0 Å². The third kappa shape index (κ3) is 4.26. The predicted octanol–water partition coefficient (Wildman–Crippen LogP) is -0.150. The van der Waals surface area contributed by atoms with E-state index >= 15 is 0 Å². The number of rotatable bonds is 7. The lowest BCUT2D eigenvalue weighted by Gasteiger charge is -2.20. The highest BCUT2D eigenvalue weighted by atomic mass is 16.3. The first kappa shape index (κ1) is 14.4. The topological polar surface area (TPSA) is 105 Å². The minimum Gasteiger partial charge on any atom is -0.396 e. The van der Waals surface area contributed by atoms with Gasteiger partial charge in [-0.15, -0.1) is 0 Å². The van der Waals surface area contributed by atoms with Crippen LogP contribution < -0.4 is 11.5 Å². The molecule has 0 saturated heterocycles. The van der Waals surface area contributed by atoms with Crippen molar-refractivity contribution in [3.05, 3.63) is 0 Å². The van der Waals surface area contributed by atoms with E-state index in [0.29, 0.717) is 12.0 Å². The molecule has 3 unspecified atom stereocenters. The van der Waals surface area contributed by atoms with Crippen molar-refractivity contribution in [3.63, 3.8) is 0 Å². The van der Waals surface area contributed by atoms with Gasteiger partial charge in [-0.1, -0.05) is 6.92 Å². The molecule has 1 aliphatic rings. The van der Waals surface area contributed by atoms with Gasteiger partial charge in [0, 0.05) is 31.6 Å². The fourth-order valence-electron chi connectivity index (χ4n) is 2.33. The largest absolute Gasteiger partial charge is 0.396 e. The molecule has 0 fully saturated rings. The highest BCUT2D eigenvalue weighted by molar-refractivity contribution is 5.82. The highest BCUT2D eigenvalue weighted by Gasteiger charge is 2.24. The summed E-state index contributed by atoms with van der Waals surface area (Å²) in [4.78, 5) is 4.41. The van der Waals surface area contributed by atoms with Gasteiger partial charge in [0.15, 0.2) is 0 Å². The summed E-state index contributed by atoms with van der Waals surface area (Å²) in [6.07, 6.45) is 3.65. The Balaban J connectivity index is 2.23. The van der Waals surface area contributed by atoms with Crippen molar-refractivity contribution in [1.29, 1.82) is 0 Å². The molecule has 1 aliphatic heterocycles. The molecule has 0 radical (unpaired) electrons. The smallest absolute Gasteiger partial charge is 0.0944 e. The second-order valence-corrected chi connectivity index (χ2v) is 5.09. The van der Waals surface area contributed by atoms with Crippen LogP contribution in [0.25, 0.3) is 0 Å². The molecule has 0 aromatic rings. The van der Waals surface area contributed by atoms with E-state index in [-0.39, 0.29) is 25.2 Å². The van der Waals surface area contributed by atoms with Gasteiger partial charge in [-0.2, -0.15) is 0 Å². The number of nitrogens with two attached hydrogens (primary N) is 2. The van der Waals surface area contributed by atoms with Crippen molar-refractivity contribution < 1.29 is 10.2 Å². The molecule has 0 saturated carbocycles. The van der Waals surface area contributed by atoms with Gasteiger partial charge in [-0.3, -0.25) is 4.99 Å². The first-order valence-electron chi connectivity index (χ1n) is 6.38. The molecular weight excluding hydrogens is 218 g/mol. The Hall–Kier alpha value is -0.650. The van der Waals surface area contributed by atoms with Crippen LogP contribution >= 0.6 is 0 Å². The van der Waals surface area contributed by atoms with E-state index in [1.807, 2.05) is 0 Å². The molecule has 100 valence electrons. The molecule has 0 aliphatic carbocycles. The van der Waals surface area contributed by atoms with E-state index in [1.54, 1.807) is 0 Å². The number of aliphatic hydroxyl groups excluding tert-OH is 2. The van der Waals surface area contributed by atoms with Gasteiger partial charge < -0.3 is 21.7 Å². The first-order chi connectivity index (χ1) is 8.08. The van der Waals surface area contributed by atoms with Crippen LogP contribution in [0.4, 0.5) is 0 Å². The van der Waals surface area contributed by atoms with Crippen LogP contribution in [0, 0.1) is 11.8 Å². The second-order valence-electron chi connectivity index (χ2n) is 5.09. The molecule has 17 heavy (non-hydrogen) atoms. The van der Waals surface area contributed by atoms with Crippen LogP contribution in [0.2, 0.25) is 0 Å². The van der Waals surface area contributed by atoms with Crippen LogP contribution in [-0.4, -0.2) is 41.3 Å². The fourth-order valence-corrected chi connectivity index (χ4v) is 2.33. The van der Waals surface area contributed by atoms with E-state index in [2.05, 4.69) is 11.9 Å². The minimum atomic E-state index is -0.204. The molecule has 3 atom stereocenters. The highest BCUT2D eigenvalue weighted by Crippen LogP contribution is 2.24. The van der Waals surface area contributed by atoms with Gasteiger partial charge in [0.25, 0.3) is 0 Å². The molecule has 5 heteroatoms. The molecule has 1 rings (SSSR count). The van der Waals surface area contributed by atoms with Gasteiger partial charge in [0.2, 0.25) is 0 Å². The fraction of sp³-hybridized carbons (Fsp3) is 0.917. The van der Waals surface area contributed by atoms with Crippen LogP contribution in [0.5, 0.6) is 0 Å². The molecule has 5 nitrogen and oxygen atoms in total. The molecule has 1 heterocycles. The predicted molar refractivity (Wildman–Crippen MR) is 68.7 cm³/mol. The Kier molecular flexibility index (Phi) is 5.88. The van der Waals surface area contributed by atoms with Gasteiger partial charge in [-0.05, 0) is 25.2 Å². The first-order valence-corrected chi connectivity index (χ1v) is 6.38. The Morgan fingerprint density at radius 1 is 1.41 bits per heavy atom. The van der Waals surface area contributed by atoms with Crippen LogP contribution in [-0.2, 0) is 0 Å². The van der Waals surface area contributed by atoms with Crippen LogP contribution in [0.3, 0.4) is 0 Å². The maximum absolute atomic E-state index is 9.01. The molecule has 0 aromatic carbocycles. The number of amidine groups is 1. The van der Waals surface area contributed by atoms with Crippen molar-refractivity contribution in [2.45, 2.75) is 44.7 Å². The van der Waals surface area contributed by atoms with Gasteiger partial charge in [0.1, 0.15) is 0 Å². The summed E-state index contributed by atoms with van der Waals surface area (Å²) in [5, 5.41) is 18.0. The normalized spacial score (nSPS) is 26.3. The zero-order valence-corrected chi connectivity index (χ0v) is 10.5. The average Bonchev–Trinajstić information content (AvgIpc) is 2.59. The van der Waals surface area contributed by atoms with E-state index in [1.165, 1.54) is 0 Å². The van der Waals surface area contributed by atoms with Crippen molar-refractivity contribution >= 4 is 5.84 Å². The lowest BCUT2D eigenvalue weighted by Crippen LogP contribution is -2.35. The molecular formula is C12H25N3O2. The third-order valence-corrected chi connectivity index (χ3v) is 3.63. The van der Waals surface area contributed by atoms with E-state index < -0.39 is 0 Å². The third-order valence-electron chi connectivity index (χ3n) is 3.63. The quantitative estimate of drug-likeness (QED) is 0.499. The number of aliphatic imine (C=N–C) groups is 1. The van der Waals surface area contributed by atoms with E-state index in [4.69, 9.17) is 21.7 Å². The van der Waals surface area contributed by atoms with E-state index in [0.717, 1.165) is 31.5 Å². The summed E-state index contributed by atoms with van der Waals surface area (Å²) >= 11 is 0. The molecule has 0 amide bonds. The monoisotopic (exact) mass is 243 g/mol. The molecule has 0 aromatic heterocycles. The zero-order valence-electron chi connectivity index (χ0n) is 10.5. The van der Waals surface area contributed by atoms with Gasteiger partial charge in [0.05, 0.1) is 11.9 Å². The van der Waals surface area contributed by atoms with Crippen molar-refractivity contribution in [1.82, 2.24) is 0 Å². The number of aliphatic hydroxyl groups is 2. The SMILES string of the molecule is CC1CC(N)=NC1CCCC(N)C(CO)CO. The maximum Gasteiger partial charge on any atom is 0.0944 e. The van der Waals surface area contributed by atoms with Gasteiger partial charge >= 0.3 is 0 Å². The Labute approximate surface area is 103 Å². The van der Waals surface area contributed by atoms with Crippen molar-refractivity contribution in [2.24, 2.45) is 28.3 Å². The lowest BCUT2D eigenvalue weighted by molar-refractivity contribution is 0.127. The summed E-state index contributed by atoms with van der Waals surface area (Å²) < 4.78 is 0. The molecule has 0 spiro atoms. The Morgan fingerprint density at radius 3 is 2.53 bits per heavy atom. The second kappa shape index (κ2) is 6.93. The minimum absolute atomic E-state index is 0.0530. The summed E-state index contributed by atoms with van der Waals surface area (Å²) in [6, 6.07) is 0.187. The summed E-state index contributed by atoms with van der Waals surface area (Å²) in [5.74, 6) is 1.08. The van der Waals surface area contributed by atoms with Crippen molar-refractivity contribution in [2.75, 3.05) is 13.2 Å².